The van der Waals surface area contributed by atoms with Crippen molar-refractivity contribution in [2.75, 3.05) is 12.3 Å². The van der Waals surface area contributed by atoms with Crippen LogP contribution < -0.4 is 10.5 Å². The third-order valence-electron chi connectivity index (χ3n) is 3.53. The van der Waals surface area contributed by atoms with Crippen molar-refractivity contribution >= 4 is 11.5 Å². The van der Waals surface area contributed by atoms with E-state index in [2.05, 4.69) is 0 Å². The first-order chi connectivity index (χ1) is 9.16. The number of aryl methyl sites for hydroxylation is 1. The highest BCUT2D eigenvalue weighted by Crippen LogP contribution is 2.36. The molecule has 0 aliphatic carbocycles. The van der Waals surface area contributed by atoms with Crippen molar-refractivity contribution in [2.45, 2.75) is 12.8 Å². The number of ether oxygens (including phenoxy) is 1. The van der Waals surface area contributed by atoms with Crippen LogP contribution in [0.5, 0.6) is 5.75 Å². The summed E-state index contributed by atoms with van der Waals surface area (Å²) in [7, 11) is 0. The standard InChI is InChI=1S/C16H15NO2/c1-10-8-11(17)6-7-12(10)16(18)14-9-19-15-5-3-2-4-13(14)15/h2-8,14H,9,17H2,1H3. The van der Waals surface area contributed by atoms with Gasteiger partial charge in [0, 0.05) is 16.8 Å². The summed E-state index contributed by atoms with van der Waals surface area (Å²) in [5.74, 6) is 0.704. The summed E-state index contributed by atoms with van der Waals surface area (Å²) in [4.78, 5) is 12.6. The van der Waals surface area contributed by atoms with Crippen molar-refractivity contribution in [3.63, 3.8) is 0 Å². The van der Waals surface area contributed by atoms with E-state index >= 15 is 0 Å². The van der Waals surface area contributed by atoms with E-state index in [4.69, 9.17) is 10.5 Å². The molecule has 0 bridgehead atoms. The van der Waals surface area contributed by atoms with Crippen molar-refractivity contribution in [1.29, 1.82) is 0 Å². The Hall–Kier alpha value is -2.29. The van der Waals surface area contributed by atoms with Gasteiger partial charge in [-0.15, -0.1) is 0 Å². The lowest BCUT2D eigenvalue weighted by Crippen LogP contribution is -2.15. The lowest BCUT2D eigenvalue weighted by molar-refractivity contribution is 0.0947. The molecule has 2 N–H and O–H groups in total. The Kier molecular flexibility index (Phi) is 2.75. The van der Waals surface area contributed by atoms with Crippen LogP contribution in [0.1, 0.15) is 27.4 Å². The minimum atomic E-state index is -0.210. The van der Waals surface area contributed by atoms with Crippen LogP contribution in [-0.2, 0) is 0 Å². The fourth-order valence-electron chi connectivity index (χ4n) is 2.53. The summed E-state index contributed by atoms with van der Waals surface area (Å²) in [6.45, 7) is 2.33. The topological polar surface area (TPSA) is 52.3 Å². The lowest BCUT2D eigenvalue weighted by atomic mass is 9.90. The molecule has 0 aromatic heterocycles. The van der Waals surface area contributed by atoms with Crippen LogP contribution in [-0.4, -0.2) is 12.4 Å². The zero-order chi connectivity index (χ0) is 13.4. The van der Waals surface area contributed by atoms with Gasteiger partial charge in [-0.05, 0) is 36.8 Å². The van der Waals surface area contributed by atoms with Crippen molar-refractivity contribution in [1.82, 2.24) is 0 Å². The van der Waals surface area contributed by atoms with Gasteiger partial charge in [-0.1, -0.05) is 18.2 Å². The third kappa shape index (κ3) is 1.97. The molecule has 0 radical (unpaired) electrons. The highest BCUT2D eigenvalue weighted by atomic mass is 16.5. The monoisotopic (exact) mass is 253 g/mol. The van der Waals surface area contributed by atoms with Gasteiger partial charge in [0.05, 0.1) is 5.92 Å². The van der Waals surface area contributed by atoms with Crippen LogP contribution in [0.3, 0.4) is 0 Å². The number of nitrogens with two attached hydrogens (primary N) is 1. The van der Waals surface area contributed by atoms with E-state index in [1.807, 2.05) is 37.3 Å². The molecule has 0 saturated carbocycles. The maximum atomic E-state index is 12.6. The molecule has 2 aromatic carbocycles. The van der Waals surface area contributed by atoms with Crippen molar-refractivity contribution in [3.8, 4) is 5.75 Å². The Morgan fingerprint density at radius 1 is 1.26 bits per heavy atom. The van der Waals surface area contributed by atoms with Crippen LogP contribution in [0.4, 0.5) is 5.69 Å². The fourth-order valence-corrected chi connectivity index (χ4v) is 2.53. The predicted molar refractivity (Wildman–Crippen MR) is 74.6 cm³/mol. The molecule has 96 valence electrons. The Morgan fingerprint density at radius 3 is 2.84 bits per heavy atom. The summed E-state index contributed by atoms with van der Waals surface area (Å²) in [6, 6.07) is 13.1. The number of benzene rings is 2. The summed E-state index contributed by atoms with van der Waals surface area (Å²) < 4.78 is 5.57. The molecule has 1 unspecified atom stereocenters. The van der Waals surface area contributed by atoms with E-state index < -0.39 is 0 Å². The van der Waals surface area contributed by atoms with E-state index in [-0.39, 0.29) is 11.7 Å². The molecule has 0 saturated heterocycles. The van der Waals surface area contributed by atoms with Gasteiger partial charge in [0.2, 0.25) is 0 Å². The Bertz CT molecular complexity index is 649. The molecule has 3 nitrogen and oxygen atoms in total. The first-order valence-electron chi connectivity index (χ1n) is 6.29. The van der Waals surface area contributed by atoms with Gasteiger partial charge in [-0.2, -0.15) is 0 Å². The fraction of sp³-hybridized carbons (Fsp3) is 0.188. The van der Waals surface area contributed by atoms with E-state index in [1.54, 1.807) is 12.1 Å². The zero-order valence-corrected chi connectivity index (χ0v) is 10.7. The maximum Gasteiger partial charge on any atom is 0.174 e. The van der Waals surface area contributed by atoms with Gasteiger partial charge in [0.1, 0.15) is 12.4 Å². The SMILES string of the molecule is Cc1cc(N)ccc1C(=O)C1COc2ccccc21. The number of hydrogen-bond acceptors (Lipinski definition) is 3. The van der Waals surface area contributed by atoms with Gasteiger partial charge in [0.15, 0.2) is 5.78 Å². The molecule has 0 fully saturated rings. The second kappa shape index (κ2) is 4.43. The van der Waals surface area contributed by atoms with E-state index in [0.717, 1.165) is 22.4 Å². The average molecular weight is 253 g/mol. The van der Waals surface area contributed by atoms with Crippen LogP contribution in [0.25, 0.3) is 0 Å². The Balaban J connectivity index is 1.98. The zero-order valence-electron chi connectivity index (χ0n) is 10.7. The number of Topliss-reactive ketones (excluding diaryl/α,β-unsaturated/α-hetero) is 1. The first kappa shape index (κ1) is 11.8. The lowest BCUT2D eigenvalue weighted by Gasteiger charge is -2.10. The third-order valence-corrected chi connectivity index (χ3v) is 3.53. The minimum absolute atomic E-state index is 0.0995. The number of hydrogen-bond donors (Lipinski definition) is 1. The summed E-state index contributed by atoms with van der Waals surface area (Å²) in [6.07, 6.45) is 0. The average Bonchev–Trinajstić information content (AvgIpc) is 2.82. The predicted octanol–water partition coefficient (Wildman–Crippen LogP) is 2.94. The quantitative estimate of drug-likeness (QED) is 0.661. The second-order valence-corrected chi connectivity index (χ2v) is 4.84. The summed E-state index contributed by atoms with van der Waals surface area (Å²) in [5, 5.41) is 0. The molecule has 1 heterocycles. The molecule has 1 aliphatic rings. The first-order valence-corrected chi connectivity index (χ1v) is 6.29. The van der Waals surface area contributed by atoms with Crippen molar-refractivity contribution in [3.05, 3.63) is 59.2 Å². The molecule has 1 aliphatic heterocycles. The van der Waals surface area contributed by atoms with E-state index in [9.17, 15) is 4.79 Å². The summed E-state index contributed by atoms with van der Waals surface area (Å²) >= 11 is 0. The molecule has 1 atom stereocenters. The molecular weight excluding hydrogens is 238 g/mol. The van der Waals surface area contributed by atoms with Gasteiger partial charge in [-0.3, -0.25) is 4.79 Å². The van der Waals surface area contributed by atoms with Crippen LogP contribution in [0.15, 0.2) is 42.5 Å². The smallest absolute Gasteiger partial charge is 0.174 e. The highest BCUT2D eigenvalue weighted by molar-refractivity contribution is 6.03. The molecule has 0 spiro atoms. The van der Waals surface area contributed by atoms with E-state index in [0.29, 0.717) is 12.3 Å². The number of rotatable bonds is 2. The second-order valence-electron chi connectivity index (χ2n) is 4.84. The normalized spacial score (nSPS) is 16.8. The molecule has 3 heteroatoms. The molecule has 19 heavy (non-hydrogen) atoms. The number of ketones is 1. The van der Waals surface area contributed by atoms with Crippen molar-refractivity contribution in [2.24, 2.45) is 0 Å². The number of carbonyl (C=O) groups excluding carboxylic acids is 1. The number of anilines is 1. The Labute approximate surface area is 112 Å². The van der Waals surface area contributed by atoms with Gasteiger partial charge in [0.25, 0.3) is 0 Å². The van der Waals surface area contributed by atoms with Crippen LogP contribution >= 0.6 is 0 Å². The molecular formula is C16H15NO2. The number of carbonyl (C=O) groups is 1. The number of para-hydroxylation sites is 1. The highest BCUT2D eigenvalue weighted by Gasteiger charge is 2.31. The van der Waals surface area contributed by atoms with Crippen LogP contribution in [0, 0.1) is 6.92 Å². The van der Waals surface area contributed by atoms with E-state index in [1.165, 1.54) is 0 Å². The van der Waals surface area contributed by atoms with Crippen molar-refractivity contribution < 1.29 is 9.53 Å². The summed E-state index contributed by atoms with van der Waals surface area (Å²) in [5.41, 5.74) is 9.01. The molecule has 2 aromatic rings. The molecule has 3 rings (SSSR count). The largest absolute Gasteiger partial charge is 0.492 e. The van der Waals surface area contributed by atoms with Gasteiger partial charge >= 0.3 is 0 Å². The molecule has 0 amide bonds. The number of nitrogen functional groups attached to an aromatic ring is 1. The minimum Gasteiger partial charge on any atom is -0.492 e. The maximum absolute atomic E-state index is 12.6. The number of fused-ring (bicyclic) bond motifs is 1. The van der Waals surface area contributed by atoms with Gasteiger partial charge in [-0.25, -0.2) is 0 Å². The Morgan fingerprint density at radius 2 is 2.05 bits per heavy atom. The van der Waals surface area contributed by atoms with Crippen LogP contribution in [0.2, 0.25) is 0 Å². The van der Waals surface area contributed by atoms with Gasteiger partial charge < -0.3 is 10.5 Å².